The van der Waals surface area contributed by atoms with E-state index in [2.05, 4.69) is 37.9 Å². The molecule has 94 valence electrons. The molecule has 16 heavy (non-hydrogen) atoms. The zero-order chi connectivity index (χ0) is 11.8. The van der Waals surface area contributed by atoms with E-state index in [0.29, 0.717) is 12.1 Å². The Bertz CT molecular complexity index is 242. The molecule has 3 unspecified atom stereocenters. The third kappa shape index (κ3) is 2.76. The maximum atomic E-state index is 5.97. The molecule has 2 aliphatic heterocycles. The van der Waals surface area contributed by atoms with Gasteiger partial charge in [0, 0.05) is 25.7 Å². The fraction of sp³-hybridized carbons (Fsp3) is 1.00. The Morgan fingerprint density at radius 3 is 2.69 bits per heavy atom. The first-order chi connectivity index (χ1) is 7.48. The summed E-state index contributed by atoms with van der Waals surface area (Å²) in [6.07, 6.45) is 1.66. The van der Waals surface area contributed by atoms with Crippen molar-refractivity contribution in [1.82, 2.24) is 10.2 Å². The van der Waals surface area contributed by atoms with Crippen LogP contribution < -0.4 is 5.32 Å². The first-order valence-corrected chi connectivity index (χ1v) is 6.60. The van der Waals surface area contributed by atoms with Crippen LogP contribution in [0.2, 0.25) is 0 Å². The Morgan fingerprint density at radius 1 is 1.31 bits per heavy atom. The average Bonchev–Trinajstić information content (AvgIpc) is 2.15. The fourth-order valence-corrected chi connectivity index (χ4v) is 3.22. The molecule has 3 nitrogen and oxygen atoms in total. The van der Waals surface area contributed by atoms with Crippen LogP contribution in [-0.4, -0.2) is 48.8 Å². The van der Waals surface area contributed by atoms with Gasteiger partial charge in [0.25, 0.3) is 0 Å². The number of hydrogen-bond acceptors (Lipinski definition) is 3. The Hall–Kier alpha value is -0.120. The molecule has 0 aromatic carbocycles. The predicted molar refractivity (Wildman–Crippen MR) is 66.6 cm³/mol. The number of nitrogens with one attached hydrogen (secondary N) is 1. The molecular formula is C13H26N2O. The molecule has 0 saturated carbocycles. The van der Waals surface area contributed by atoms with Crippen molar-refractivity contribution in [1.29, 1.82) is 0 Å². The summed E-state index contributed by atoms with van der Waals surface area (Å²) in [6, 6.07) is 0.694. The number of piperidine rings is 1. The molecule has 2 heterocycles. The van der Waals surface area contributed by atoms with Gasteiger partial charge in [0.15, 0.2) is 0 Å². The molecule has 2 rings (SSSR count). The lowest BCUT2D eigenvalue weighted by atomic mass is 9.91. The number of morpholine rings is 1. The zero-order valence-electron chi connectivity index (χ0n) is 11.1. The maximum absolute atomic E-state index is 5.97. The maximum Gasteiger partial charge on any atom is 0.0757 e. The van der Waals surface area contributed by atoms with Crippen molar-refractivity contribution in [2.75, 3.05) is 26.2 Å². The van der Waals surface area contributed by atoms with Crippen molar-refractivity contribution in [3.8, 4) is 0 Å². The van der Waals surface area contributed by atoms with Gasteiger partial charge in [-0.2, -0.15) is 0 Å². The van der Waals surface area contributed by atoms with E-state index in [4.69, 9.17) is 4.74 Å². The average molecular weight is 226 g/mol. The van der Waals surface area contributed by atoms with Gasteiger partial charge in [0.05, 0.1) is 11.7 Å². The van der Waals surface area contributed by atoms with Crippen LogP contribution in [0.25, 0.3) is 0 Å². The molecule has 3 atom stereocenters. The molecule has 0 spiro atoms. The van der Waals surface area contributed by atoms with Crippen LogP contribution in [0.3, 0.4) is 0 Å². The molecule has 3 heteroatoms. The molecular weight excluding hydrogens is 200 g/mol. The third-order valence-electron chi connectivity index (χ3n) is 3.85. The normalized spacial score (nSPS) is 40.9. The van der Waals surface area contributed by atoms with Crippen LogP contribution >= 0.6 is 0 Å². The number of nitrogens with zero attached hydrogens (tertiary/aromatic N) is 1. The van der Waals surface area contributed by atoms with Crippen LogP contribution in [0.1, 0.15) is 34.1 Å². The second-order valence-corrected chi connectivity index (χ2v) is 6.16. The highest BCUT2D eigenvalue weighted by Gasteiger charge is 2.36. The third-order valence-corrected chi connectivity index (χ3v) is 3.85. The van der Waals surface area contributed by atoms with Gasteiger partial charge in [-0.25, -0.2) is 0 Å². The summed E-state index contributed by atoms with van der Waals surface area (Å²) in [4.78, 5) is 2.63. The summed E-state index contributed by atoms with van der Waals surface area (Å²) in [5.74, 6) is 0.808. The van der Waals surface area contributed by atoms with Gasteiger partial charge in [0.1, 0.15) is 0 Å². The summed E-state index contributed by atoms with van der Waals surface area (Å²) >= 11 is 0. The Kier molecular flexibility index (Phi) is 3.57. The van der Waals surface area contributed by atoms with Crippen LogP contribution in [0.15, 0.2) is 0 Å². The highest BCUT2D eigenvalue weighted by Crippen LogP contribution is 2.26. The topological polar surface area (TPSA) is 24.5 Å². The molecule has 2 aliphatic rings. The van der Waals surface area contributed by atoms with Gasteiger partial charge in [0.2, 0.25) is 0 Å². The van der Waals surface area contributed by atoms with Crippen LogP contribution in [-0.2, 0) is 4.74 Å². The number of rotatable bonds is 1. The Morgan fingerprint density at radius 2 is 2.06 bits per heavy atom. The van der Waals surface area contributed by atoms with Crippen molar-refractivity contribution in [2.24, 2.45) is 5.92 Å². The van der Waals surface area contributed by atoms with Crippen molar-refractivity contribution >= 4 is 0 Å². The lowest BCUT2D eigenvalue weighted by molar-refractivity contribution is -0.143. The highest BCUT2D eigenvalue weighted by atomic mass is 16.5. The van der Waals surface area contributed by atoms with Gasteiger partial charge >= 0.3 is 0 Å². The van der Waals surface area contributed by atoms with Gasteiger partial charge in [-0.1, -0.05) is 6.92 Å². The summed E-state index contributed by atoms with van der Waals surface area (Å²) in [7, 11) is 0. The predicted octanol–water partition coefficient (Wildman–Crippen LogP) is 1.48. The first kappa shape index (κ1) is 12.3. The van der Waals surface area contributed by atoms with E-state index >= 15 is 0 Å². The van der Waals surface area contributed by atoms with E-state index in [-0.39, 0.29) is 5.60 Å². The zero-order valence-corrected chi connectivity index (χ0v) is 11.1. The minimum absolute atomic E-state index is 0.00876. The van der Waals surface area contributed by atoms with Crippen LogP contribution in [0.4, 0.5) is 0 Å². The summed E-state index contributed by atoms with van der Waals surface area (Å²) in [5, 5.41) is 3.52. The second-order valence-electron chi connectivity index (χ2n) is 6.16. The van der Waals surface area contributed by atoms with Crippen molar-refractivity contribution in [3.63, 3.8) is 0 Å². The largest absolute Gasteiger partial charge is 0.370 e. The molecule has 0 radical (unpaired) electrons. The summed E-state index contributed by atoms with van der Waals surface area (Å²) in [5.41, 5.74) is 0.00876. The van der Waals surface area contributed by atoms with Crippen molar-refractivity contribution in [3.05, 3.63) is 0 Å². The van der Waals surface area contributed by atoms with E-state index in [1.165, 1.54) is 13.0 Å². The molecule has 0 bridgehead atoms. The van der Waals surface area contributed by atoms with Gasteiger partial charge in [-0.05, 0) is 39.7 Å². The van der Waals surface area contributed by atoms with Crippen LogP contribution in [0.5, 0.6) is 0 Å². The summed E-state index contributed by atoms with van der Waals surface area (Å²) in [6.45, 7) is 13.5. The van der Waals surface area contributed by atoms with Crippen LogP contribution in [0, 0.1) is 5.92 Å². The highest BCUT2D eigenvalue weighted by molar-refractivity contribution is 4.90. The monoisotopic (exact) mass is 226 g/mol. The minimum Gasteiger partial charge on any atom is -0.370 e. The Balaban J connectivity index is 2.02. The fourth-order valence-electron chi connectivity index (χ4n) is 3.22. The van der Waals surface area contributed by atoms with Crippen molar-refractivity contribution in [2.45, 2.75) is 51.9 Å². The van der Waals surface area contributed by atoms with Crippen molar-refractivity contribution < 1.29 is 4.74 Å². The van der Waals surface area contributed by atoms with E-state index < -0.39 is 0 Å². The quantitative estimate of drug-likeness (QED) is 0.733. The van der Waals surface area contributed by atoms with Gasteiger partial charge in [-0.15, -0.1) is 0 Å². The molecule has 0 amide bonds. The molecule has 2 saturated heterocycles. The molecule has 0 aromatic heterocycles. The molecule has 1 N–H and O–H groups in total. The Labute approximate surface area is 99.5 Å². The molecule has 0 aromatic rings. The summed E-state index contributed by atoms with van der Waals surface area (Å²) < 4.78 is 5.97. The standard InChI is InChI=1S/C13H26N2O/c1-10-5-6-14-7-12(10)15-8-11(2)16-13(3,4)9-15/h10-12,14H,5-9H2,1-4H3. The SMILES string of the molecule is CC1CN(C2CNCCC2C)CC(C)(C)O1. The van der Waals surface area contributed by atoms with E-state index in [9.17, 15) is 0 Å². The smallest absolute Gasteiger partial charge is 0.0757 e. The molecule has 0 aliphatic carbocycles. The molecule has 2 fully saturated rings. The number of ether oxygens (including phenoxy) is 1. The van der Waals surface area contributed by atoms with E-state index in [0.717, 1.165) is 25.6 Å². The van der Waals surface area contributed by atoms with E-state index in [1.54, 1.807) is 0 Å². The van der Waals surface area contributed by atoms with E-state index in [1.807, 2.05) is 0 Å². The van der Waals surface area contributed by atoms with Gasteiger partial charge in [-0.3, -0.25) is 4.90 Å². The lowest BCUT2D eigenvalue weighted by Gasteiger charge is -2.48. The lowest BCUT2D eigenvalue weighted by Crippen LogP contribution is -2.60. The first-order valence-electron chi connectivity index (χ1n) is 6.60. The van der Waals surface area contributed by atoms with Gasteiger partial charge < -0.3 is 10.1 Å². The second kappa shape index (κ2) is 4.63. The minimum atomic E-state index is 0.00876. The number of hydrogen-bond donors (Lipinski definition) is 1.